The number of aromatic nitrogens is 2. The molecule has 0 aliphatic rings. The van der Waals surface area contributed by atoms with E-state index in [1.165, 1.54) is 43.0 Å². The van der Waals surface area contributed by atoms with Crippen LogP contribution in [0.25, 0.3) is 0 Å². The number of carbonyl (C=O) groups excluding carboxylic acids is 1. The Labute approximate surface area is 163 Å². The summed E-state index contributed by atoms with van der Waals surface area (Å²) in [5.41, 5.74) is 0.533. The van der Waals surface area contributed by atoms with Crippen molar-refractivity contribution in [1.82, 2.24) is 15.1 Å². The Hall–Kier alpha value is -1.91. The molecule has 0 saturated carbocycles. The zero-order valence-corrected chi connectivity index (χ0v) is 17.3. The third-order valence-electron chi connectivity index (χ3n) is 3.82. The largest absolute Gasteiger partial charge is 0.415 e. The van der Waals surface area contributed by atoms with Gasteiger partial charge in [-0.15, -0.1) is 10.2 Å². The van der Waals surface area contributed by atoms with Gasteiger partial charge in [0, 0.05) is 24.9 Å². The molecule has 2 aromatic rings. The average Bonchev–Trinajstić information content (AvgIpc) is 3.05. The first-order valence-electron chi connectivity index (χ1n) is 8.62. The molecule has 0 atom stereocenters. The van der Waals surface area contributed by atoms with E-state index in [2.05, 4.69) is 34.3 Å². The highest BCUT2D eigenvalue weighted by Gasteiger charge is 2.20. The van der Waals surface area contributed by atoms with Crippen LogP contribution in [0.5, 0.6) is 0 Å². The second kappa shape index (κ2) is 9.86. The SMILES string of the molecule is CCN(CC)CCSc1nnc(CS(=O)(=O)c2ccc(NC(C)=O)cc2)o1. The molecular weight excluding hydrogens is 388 g/mol. The van der Waals surface area contributed by atoms with Gasteiger partial charge in [0.2, 0.25) is 11.8 Å². The number of carbonyl (C=O) groups is 1. The first-order valence-corrected chi connectivity index (χ1v) is 11.3. The van der Waals surface area contributed by atoms with E-state index >= 15 is 0 Å². The van der Waals surface area contributed by atoms with E-state index in [1.807, 2.05) is 0 Å². The van der Waals surface area contributed by atoms with Crippen LogP contribution in [-0.2, 0) is 20.4 Å². The van der Waals surface area contributed by atoms with Gasteiger partial charge >= 0.3 is 0 Å². The molecule has 0 spiro atoms. The van der Waals surface area contributed by atoms with E-state index in [0.717, 1.165) is 25.4 Å². The molecule has 27 heavy (non-hydrogen) atoms. The molecule has 2 rings (SSSR count). The summed E-state index contributed by atoms with van der Waals surface area (Å²) < 4.78 is 30.4. The number of nitrogens with one attached hydrogen (secondary N) is 1. The number of hydrogen-bond acceptors (Lipinski definition) is 8. The molecule has 1 aromatic heterocycles. The Balaban J connectivity index is 1.95. The van der Waals surface area contributed by atoms with Gasteiger partial charge in [0.05, 0.1) is 4.90 Å². The number of benzene rings is 1. The van der Waals surface area contributed by atoms with Crippen molar-refractivity contribution >= 4 is 33.2 Å². The lowest BCUT2D eigenvalue weighted by Gasteiger charge is -2.16. The van der Waals surface area contributed by atoms with E-state index in [1.54, 1.807) is 0 Å². The lowest BCUT2D eigenvalue weighted by Crippen LogP contribution is -2.25. The number of sulfone groups is 1. The van der Waals surface area contributed by atoms with E-state index in [9.17, 15) is 13.2 Å². The summed E-state index contributed by atoms with van der Waals surface area (Å²) in [5.74, 6) is 0.269. The number of thioether (sulfide) groups is 1. The molecule has 1 aromatic carbocycles. The van der Waals surface area contributed by atoms with Gasteiger partial charge in [0.1, 0.15) is 5.75 Å². The normalized spacial score (nSPS) is 11.7. The van der Waals surface area contributed by atoms with E-state index in [4.69, 9.17) is 4.42 Å². The van der Waals surface area contributed by atoms with E-state index in [-0.39, 0.29) is 22.4 Å². The van der Waals surface area contributed by atoms with Crippen molar-refractivity contribution in [2.75, 3.05) is 30.7 Å². The average molecular weight is 413 g/mol. The fraction of sp³-hybridized carbons (Fsp3) is 0.471. The van der Waals surface area contributed by atoms with Gasteiger partial charge in [-0.05, 0) is 37.4 Å². The number of nitrogens with zero attached hydrogens (tertiary/aromatic N) is 3. The summed E-state index contributed by atoms with van der Waals surface area (Å²) in [4.78, 5) is 13.4. The van der Waals surface area contributed by atoms with E-state index < -0.39 is 9.84 Å². The zero-order valence-electron chi connectivity index (χ0n) is 15.6. The summed E-state index contributed by atoms with van der Waals surface area (Å²) >= 11 is 1.41. The van der Waals surface area contributed by atoms with Gasteiger partial charge in [-0.2, -0.15) is 0 Å². The summed E-state index contributed by atoms with van der Waals surface area (Å²) in [6.07, 6.45) is 0. The fourth-order valence-corrected chi connectivity index (χ4v) is 4.29. The van der Waals surface area contributed by atoms with Crippen LogP contribution in [0.15, 0.2) is 38.8 Å². The van der Waals surface area contributed by atoms with Crippen LogP contribution in [0.2, 0.25) is 0 Å². The number of hydrogen-bond donors (Lipinski definition) is 1. The molecule has 0 aliphatic carbocycles. The minimum Gasteiger partial charge on any atom is -0.415 e. The highest BCUT2D eigenvalue weighted by atomic mass is 32.2. The molecule has 8 nitrogen and oxygen atoms in total. The third kappa shape index (κ3) is 6.64. The summed E-state index contributed by atoms with van der Waals surface area (Å²) in [5, 5.41) is 10.7. The quantitative estimate of drug-likeness (QED) is 0.593. The Morgan fingerprint density at radius 3 is 2.44 bits per heavy atom. The lowest BCUT2D eigenvalue weighted by molar-refractivity contribution is -0.114. The van der Waals surface area contributed by atoms with Gasteiger partial charge in [0.15, 0.2) is 9.84 Å². The first kappa shape index (κ1) is 21.4. The predicted octanol–water partition coefficient (Wildman–Crippen LogP) is 2.44. The molecule has 0 fully saturated rings. The Bertz CT molecular complexity index is 846. The van der Waals surface area contributed by atoms with Gasteiger partial charge < -0.3 is 14.6 Å². The van der Waals surface area contributed by atoms with Gasteiger partial charge in [-0.3, -0.25) is 4.79 Å². The number of rotatable bonds is 10. The zero-order chi connectivity index (χ0) is 19.9. The van der Waals surface area contributed by atoms with Crippen LogP contribution in [0.1, 0.15) is 26.7 Å². The Kier molecular flexibility index (Phi) is 7.81. The van der Waals surface area contributed by atoms with Crippen molar-refractivity contribution in [2.45, 2.75) is 36.6 Å². The minimum atomic E-state index is -3.61. The summed E-state index contributed by atoms with van der Waals surface area (Å²) in [6, 6.07) is 5.96. The number of amides is 1. The standard InChI is InChI=1S/C17H24N4O4S2/c1-4-21(5-2)10-11-26-17-20-19-16(25-17)12-27(23,24)15-8-6-14(7-9-15)18-13(3)22/h6-9H,4-5,10-12H2,1-3H3,(H,18,22). The van der Waals surface area contributed by atoms with Crippen LogP contribution in [0, 0.1) is 0 Å². The Morgan fingerprint density at radius 2 is 1.85 bits per heavy atom. The molecule has 148 valence electrons. The maximum Gasteiger partial charge on any atom is 0.276 e. The third-order valence-corrected chi connectivity index (χ3v) is 6.24. The molecule has 0 bridgehead atoms. The van der Waals surface area contributed by atoms with Crippen molar-refractivity contribution in [3.8, 4) is 0 Å². The molecule has 1 amide bonds. The summed E-state index contributed by atoms with van der Waals surface area (Å²) in [6.45, 7) is 8.45. The van der Waals surface area contributed by atoms with Gasteiger partial charge in [-0.25, -0.2) is 8.42 Å². The van der Waals surface area contributed by atoms with Crippen LogP contribution >= 0.6 is 11.8 Å². The molecule has 0 unspecified atom stereocenters. The topological polar surface area (TPSA) is 105 Å². The van der Waals surface area contributed by atoms with Crippen molar-refractivity contribution in [2.24, 2.45) is 0 Å². The molecule has 1 heterocycles. The van der Waals surface area contributed by atoms with Crippen molar-refractivity contribution < 1.29 is 17.6 Å². The molecule has 0 radical (unpaired) electrons. The Morgan fingerprint density at radius 1 is 1.19 bits per heavy atom. The molecule has 10 heteroatoms. The van der Waals surface area contributed by atoms with Crippen molar-refractivity contribution in [1.29, 1.82) is 0 Å². The van der Waals surface area contributed by atoms with Crippen molar-refractivity contribution in [3.05, 3.63) is 30.2 Å². The van der Waals surface area contributed by atoms with Gasteiger partial charge in [0.25, 0.3) is 5.22 Å². The highest BCUT2D eigenvalue weighted by Crippen LogP contribution is 2.21. The molecule has 0 aliphatic heterocycles. The first-order chi connectivity index (χ1) is 12.8. The second-order valence-corrected chi connectivity index (χ2v) is 8.84. The minimum absolute atomic E-state index is 0.0614. The lowest BCUT2D eigenvalue weighted by atomic mass is 10.3. The van der Waals surface area contributed by atoms with Gasteiger partial charge in [-0.1, -0.05) is 25.6 Å². The monoisotopic (exact) mass is 412 g/mol. The molecular formula is C17H24N4O4S2. The molecule has 1 N–H and O–H groups in total. The summed E-state index contributed by atoms with van der Waals surface area (Å²) in [7, 11) is -3.61. The van der Waals surface area contributed by atoms with Crippen molar-refractivity contribution in [3.63, 3.8) is 0 Å². The maximum atomic E-state index is 12.5. The van der Waals surface area contributed by atoms with Crippen LogP contribution in [0.4, 0.5) is 5.69 Å². The molecule has 0 saturated heterocycles. The van der Waals surface area contributed by atoms with Crippen LogP contribution < -0.4 is 5.32 Å². The second-order valence-electron chi connectivity index (χ2n) is 5.80. The highest BCUT2D eigenvalue weighted by molar-refractivity contribution is 7.99. The van der Waals surface area contributed by atoms with Crippen LogP contribution in [0.3, 0.4) is 0 Å². The number of anilines is 1. The van der Waals surface area contributed by atoms with E-state index in [0.29, 0.717) is 10.9 Å². The fourth-order valence-electron chi connectivity index (χ4n) is 2.35. The predicted molar refractivity (Wildman–Crippen MR) is 104 cm³/mol. The van der Waals surface area contributed by atoms with Crippen LogP contribution in [-0.4, -0.2) is 54.8 Å². The maximum absolute atomic E-state index is 12.5. The smallest absolute Gasteiger partial charge is 0.276 e.